The number of aromatic nitrogens is 2. The molecule has 124 valence electrons. The van der Waals surface area contributed by atoms with E-state index >= 15 is 0 Å². The van der Waals surface area contributed by atoms with Gasteiger partial charge in [0.1, 0.15) is 0 Å². The number of hydrogen-bond donors (Lipinski definition) is 1. The van der Waals surface area contributed by atoms with Crippen molar-refractivity contribution in [2.45, 2.75) is 52.4 Å². The fourth-order valence-corrected chi connectivity index (χ4v) is 2.56. The molecule has 1 fully saturated rings. The smallest absolute Gasteiger partial charge is 0.254 e. The first-order valence-corrected chi connectivity index (χ1v) is 7.81. The van der Waals surface area contributed by atoms with Gasteiger partial charge in [0, 0.05) is 19.2 Å². The number of ether oxygens (including phenoxy) is 2. The number of nitrogens with one attached hydrogen (secondary N) is 1. The summed E-state index contributed by atoms with van der Waals surface area (Å²) >= 11 is 0. The van der Waals surface area contributed by atoms with Crippen molar-refractivity contribution in [2.75, 3.05) is 19.8 Å². The molecular formula is C16H27N3O3. The van der Waals surface area contributed by atoms with E-state index in [1.165, 1.54) is 0 Å². The second-order valence-corrected chi connectivity index (χ2v) is 7.19. The van der Waals surface area contributed by atoms with Crippen LogP contribution in [0.1, 0.15) is 51.4 Å². The molecule has 6 heteroatoms. The third-order valence-electron chi connectivity index (χ3n) is 3.76. The summed E-state index contributed by atoms with van der Waals surface area (Å²) < 4.78 is 13.0. The van der Waals surface area contributed by atoms with E-state index in [1.54, 1.807) is 17.1 Å². The molecule has 1 atom stereocenters. The Morgan fingerprint density at radius 1 is 1.45 bits per heavy atom. The summed E-state index contributed by atoms with van der Waals surface area (Å²) in [5.74, 6) is -0.341. The van der Waals surface area contributed by atoms with Crippen molar-refractivity contribution in [3.05, 3.63) is 18.0 Å². The molecule has 1 saturated heterocycles. The molecule has 22 heavy (non-hydrogen) atoms. The number of carbonyl (C=O) groups is 1. The molecule has 1 aliphatic rings. The van der Waals surface area contributed by atoms with E-state index in [9.17, 15) is 4.79 Å². The Kier molecular flexibility index (Phi) is 4.92. The zero-order valence-corrected chi connectivity index (χ0v) is 14.2. The summed E-state index contributed by atoms with van der Waals surface area (Å²) in [5, 5.41) is 7.20. The fourth-order valence-electron chi connectivity index (χ4n) is 2.56. The highest BCUT2D eigenvalue weighted by Crippen LogP contribution is 2.26. The number of hydrogen-bond acceptors (Lipinski definition) is 4. The van der Waals surface area contributed by atoms with E-state index < -0.39 is 5.79 Å². The van der Waals surface area contributed by atoms with Gasteiger partial charge in [-0.1, -0.05) is 6.92 Å². The van der Waals surface area contributed by atoms with Crippen LogP contribution < -0.4 is 5.32 Å². The zero-order valence-electron chi connectivity index (χ0n) is 14.2. The maximum atomic E-state index is 12.2. The minimum atomic E-state index is -0.513. The van der Waals surface area contributed by atoms with Crippen LogP contribution in [0.15, 0.2) is 12.4 Å². The maximum Gasteiger partial charge on any atom is 0.254 e. The highest BCUT2D eigenvalue weighted by Gasteiger charge is 2.32. The lowest BCUT2D eigenvalue weighted by atomic mass is 10.0. The van der Waals surface area contributed by atoms with Gasteiger partial charge in [-0.05, 0) is 33.6 Å². The summed E-state index contributed by atoms with van der Waals surface area (Å²) in [4.78, 5) is 12.2. The van der Waals surface area contributed by atoms with E-state index in [4.69, 9.17) is 9.47 Å². The minimum absolute atomic E-state index is 0.0965. The van der Waals surface area contributed by atoms with Crippen molar-refractivity contribution in [2.24, 2.45) is 5.92 Å². The number of rotatable bonds is 5. The fraction of sp³-hybridized carbons (Fsp3) is 0.750. The highest BCUT2D eigenvalue weighted by atomic mass is 16.7. The van der Waals surface area contributed by atoms with E-state index in [0.29, 0.717) is 25.3 Å². The van der Waals surface area contributed by atoms with Crippen molar-refractivity contribution in [1.82, 2.24) is 15.1 Å². The van der Waals surface area contributed by atoms with E-state index in [2.05, 4.69) is 17.3 Å². The van der Waals surface area contributed by atoms with Gasteiger partial charge in [-0.25, -0.2) is 0 Å². The lowest BCUT2D eigenvalue weighted by Gasteiger charge is -2.25. The normalized spacial score (nSPS) is 19.1. The Morgan fingerprint density at radius 2 is 2.09 bits per heavy atom. The molecule has 1 aliphatic heterocycles. The van der Waals surface area contributed by atoms with Crippen LogP contribution in [-0.2, 0) is 15.0 Å². The second-order valence-electron chi connectivity index (χ2n) is 7.19. The Morgan fingerprint density at radius 3 is 2.64 bits per heavy atom. The van der Waals surface area contributed by atoms with Crippen molar-refractivity contribution in [3.63, 3.8) is 0 Å². The molecule has 0 unspecified atom stereocenters. The topological polar surface area (TPSA) is 65.4 Å². The van der Waals surface area contributed by atoms with Crippen LogP contribution in [0.5, 0.6) is 0 Å². The molecule has 6 nitrogen and oxygen atoms in total. The van der Waals surface area contributed by atoms with Crippen LogP contribution in [-0.4, -0.2) is 41.2 Å². The van der Waals surface area contributed by atoms with Gasteiger partial charge in [0.2, 0.25) is 0 Å². The third kappa shape index (κ3) is 4.30. The van der Waals surface area contributed by atoms with Gasteiger partial charge >= 0.3 is 0 Å². The molecule has 0 spiro atoms. The first kappa shape index (κ1) is 17.0. The van der Waals surface area contributed by atoms with Gasteiger partial charge < -0.3 is 14.8 Å². The van der Waals surface area contributed by atoms with E-state index in [0.717, 1.165) is 6.42 Å². The van der Waals surface area contributed by atoms with Crippen LogP contribution in [0, 0.1) is 5.92 Å². The molecule has 0 bridgehead atoms. The SMILES string of the molecule is C[C@@H](CNC(=O)c1cnn(C(C)(C)C)c1)CC1(C)OCCO1. The largest absolute Gasteiger partial charge is 0.352 e. The lowest BCUT2D eigenvalue weighted by Crippen LogP contribution is -2.34. The lowest BCUT2D eigenvalue weighted by molar-refractivity contribution is -0.153. The van der Waals surface area contributed by atoms with Gasteiger partial charge in [-0.3, -0.25) is 9.48 Å². The van der Waals surface area contributed by atoms with E-state index in [-0.39, 0.29) is 17.4 Å². The zero-order chi connectivity index (χ0) is 16.4. The van der Waals surface area contributed by atoms with E-state index in [1.807, 2.05) is 27.7 Å². The number of amides is 1. The summed E-state index contributed by atoms with van der Waals surface area (Å²) in [6.45, 7) is 12.0. The molecule has 2 rings (SSSR count). The molecule has 2 heterocycles. The van der Waals surface area contributed by atoms with Crippen LogP contribution in [0.3, 0.4) is 0 Å². The molecular weight excluding hydrogens is 282 g/mol. The van der Waals surface area contributed by atoms with Gasteiger partial charge in [0.15, 0.2) is 5.79 Å². The van der Waals surface area contributed by atoms with Crippen LogP contribution in [0.4, 0.5) is 0 Å². The monoisotopic (exact) mass is 309 g/mol. The van der Waals surface area contributed by atoms with Crippen LogP contribution in [0.25, 0.3) is 0 Å². The predicted molar refractivity (Wildman–Crippen MR) is 83.6 cm³/mol. The molecule has 0 aliphatic carbocycles. The molecule has 0 saturated carbocycles. The maximum absolute atomic E-state index is 12.2. The molecule has 1 aromatic rings. The van der Waals surface area contributed by atoms with Crippen LogP contribution >= 0.6 is 0 Å². The van der Waals surface area contributed by atoms with Crippen molar-refractivity contribution >= 4 is 5.91 Å². The molecule has 0 radical (unpaired) electrons. The summed E-state index contributed by atoms with van der Waals surface area (Å²) in [7, 11) is 0. The number of nitrogens with zero attached hydrogens (tertiary/aromatic N) is 2. The summed E-state index contributed by atoms with van der Waals surface area (Å²) in [5.41, 5.74) is 0.457. The molecule has 1 amide bonds. The first-order chi connectivity index (χ1) is 10.2. The minimum Gasteiger partial charge on any atom is -0.352 e. The van der Waals surface area contributed by atoms with Crippen LogP contribution in [0.2, 0.25) is 0 Å². The van der Waals surface area contributed by atoms with Crippen molar-refractivity contribution < 1.29 is 14.3 Å². The Labute approximate surface area is 132 Å². The van der Waals surface area contributed by atoms with Gasteiger partial charge in [-0.15, -0.1) is 0 Å². The highest BCUT2D eigenvalue weighted by molar-refractivity contribution is 5.93. The van der Waals surface area contributed by atoms with Crippen molar-refractivity contribution in [3.8, 4) is 0 Å². The summed E-state index contributed by atoms with van der Waals surface area (Å²) in [6.07, 6.45) is 4.15. The first-order valence-electron chi connectivity index (χ1n) is 7.81. The quantitative estimate of drug-likeness (QED) is 0.905. The summed E-state index contributed by atoms with van der Waals surface area (Å²) in [6, 6.07) is 0. The molecule has 1 aromatic heterocycles. The van der Waals surface area contributed by atoms with Gasteiger partial charge in [0.05, 0.1) is 30.5 Å². The Hall–Kier alpha value is -1.40. The number of carbonyl (C=O) groups excluding carboxylic acids is 1. The Bertz CT molecular complexity index is 513. The second kappa shape index (κ2) is 6.38. The van der Waals surface area contributed by atoms with Gasteiger partial charge in [0.25, 0.3) is 5.91 Å². The van der Waals surface area contributed by atoms with Crippen molar-refractivity contribution in [1.29, 1.82) is 0 Å². The Balaban J connectivity index is 1.83. The third-order valence-corrected chi connectivity index (χ3v) is 3.76. The average molecular weight is 309 g/mol. The standard InChI is InChI=1S/C16H27N3O3/c1-12(8-16(5)21-6-7-22-16)9-17-14(20)13-10-18-19(11-13)15(2,3)4/h10-12H,6-9H2,1-5H3,(H,17,20)/t12-/m1/s1. The van der Waals surface area contributed by atoms with Gasteiger partial charge in [-0.2, -0.15) is 5.10 Å². The average Bonchev–Trinajstić information content (AvgIpc) is 3.04. The predicted octanol–water partition coefficient (Wildman–Crippen LogP) is 2.16. The molecule has 1 N–H and O–H groups in total. The molecule has 0 aromatic carbocycles.